The van der Waals surface area contributed by atoms with E-state index >= 15 is 0 Å². The van der Waals surface area contributed by atoms with Gasteiger partial charge in [0.15, 0.2) is 0 Å². The molecule has 1 aliphatic heterocycles. The number of carbonyl (C=O) groups is 1. The van der Waals surface area contributed by atoms with E-state index in [0.717, 1.165) is 5.56 Å². The summed E-state index contributed by atoms with van der Waals surface area (Å²) >= 11 is 0. The Morgan fingerprint density at radius 1 is 1.28 bits per heavy atom. The van der Waals surface area contributed by atoms with Gasteiger partial charge in [-0.25, -0.2) is 0 Å². The fraction of sp³-hybridized carbons (Fsp3) is 0.533. The van der Waals surface area contributed by atoms with Crippen LogP contribution in [0, 0.1) is 5.92 Å². The SMILES string of the molecule is CC(C)C(=O)N1C[C@@H](c2ccccc2)O[C@@H](C)C1. The summed E-state index contributed by atoms with van der Waals surface area (Å²) in [6.45, 7) is 7.27. The summed E-state index contributed by atoms with van der Waals surface area (Å²) in [7, 11) is 0. The van der Waals surface area contributed by atoms with Crippen molar-refractivity contribution < 1.29 is 9.53 Å². The lowest BCUT2D eigenvalue weighted by atomic mass is 10.1. The molecule has 2 rings (SSSR count). The highest BCUT2D eigenvalue weighted by Gasteiger charge is 2.30. The average Bonchev–Trinajstić information content (AvgIpc) is 2.38. The third-order valence-corrected chi connectivity index (χ3v) is 3.24. The number of benzene rings is 1. The molecule has 1 saturated heterocycles. The fourth-order valence-electron chi connectivity index (χ4n) is 2.35. The number of morpholine rings is 1. The number of ether oxygens (including phenoxy) is 1. The quantitative estimate of drug-likeness (QED) is 0.804. The maximum atomic E-state index is 12.1. The molecular weight excluding hydrogens is 226 g/mol. The minimum Gasteiger partial charge on any atom is -0.367 e. The van der Waals surface area contributed by atoms with Gasteiger partial charge < -0.3 is 9.64 Å². The molecule has 0 aromatic heterocycles. The first-order chi connectivity index (χ1) is 8.58. The molecule has 0 bridgehead atoms. The zero-order valence-electron chi connectivity index (χ0n) is 11.3. The number of hydrogen-bond acceptors (Lipinski definition) is 2. The van der Waals surface area contributed by atoms with E-state index in [1.165, 1.54) is 0 Å². The fourth-order valence-corrected chi connectivity index (χ4v) is 2.35. The molecule has 18 heavy (non-hydrogen) atoms. The first-order valence-corrected chi connectivity index (χ1v) is 6.57. The van der Waals surface area contributed by atoms with E-state index in [-0.39, 0.29) is 24.0 Å². The van der Waals surface area contributed by atoms with Gasteiger partial charge in [0.1, 0.15) is 6.10 Å². The van der Waals surface area contributed by atoms with Gasteiger partial charge in [-0.3, -0.25) is 4.79 Å². The van der Waals surface area contributed by atoms with Crippen molar-refractivity contribution in [3.8, 4) is 0 Å². The average molecular weight is 247 g/mol. The number of carbonyl (C=O) groups excluding carboxylic acids is 1. The molecule has 1 aromatic carbocycles. The standard InChI is InChI=1S/C15H21NO2/c1-11(2)15(17)16-9-12(3)18-14(10-16)13-7-5-4-6-8-13/h4-8,11-12,14H,9-10H2,1-3H3/t12-,14-/m0/s1. The van der Waals surface area contributed by atoms with Gasteiger partial charge in [-0.2, -0.15) is 0 Å². The van der Waals surface area contributed by atoms with E-state index in [2.05, 4.69) is 12.1 Å². The zero-order chi connectivity index (χ0) is 13.1. The Hall–Kier alpha value is -1.35. The lowest BCUT2D eigenvalue weighted by Crippen LogP contribution is -2.47. The molecule has 1 amide bonds. The molecule has 0 unspecified atom stereocenters. The third-order valence-electron chi connectivity index (χ3n) is 3.24. The number of nitrogens with zero attached hydrogens (tertiary/aromatic N) is 1. The van der Waals surface area contributed by atoms with Crippen LogP contribution in [0.5, 0.6) is 0 Å². The molecule has 1 heterocycles. The second-order valence-corrected chi connectivity index (χ2v) is 5.24. The molecular formula is C15H21NO2. The summed E-state index contributed by atoms with van der Waals surface area (Å²) in [6.07, 6.45) is 0.0873. The molecule has 0 radical (unpaired) electrons. The topological polar surface area (TPSA) is 29.5 Å². The summed E-state index contributed by atoms with van der Waals surface area (Å²) in [6, 6.07) is 10.1. The molecule has 0 spiro atoms. The van der Waals surface area contributed by atoms with Gasteiger partial charge in [0.2, 0.25) is 5.91 Å². The van der Waals surface area contributed by atoms with Crippen LogP contribution in [0.3, 0.4) is 0 Å². The van der Waals surface area contributed by atoms with Crippen LogP contribution in [-0.4, -0.2) is 30.0 Å². The largest absolute Gasteiger partial charge is 0.367 e. The minimum absolute atomic E-state index is 0.00218. The van der Waals surface area contributed by atoms with Crippen molar-refractivity contribution in [2.24, 2.45) is 5.92 Å². The van der Waals surface area contributed by atoms with Gasteiger partial charge in [0.05, 0.1) is 12.6 Å². The van der Waals surface area contributed by atoms with E-state index in [1.54, 1.807) is 0 Å². The second-order valence-electron chi connectivity index (χ2n) is 5.24. The van der Waals surface area contributed by atoms with Gasteiger partial charge in [-0.05, 0) is 12.5 Å². The van der Waals surface area contributed by atoms with Crippen LogP contribution in [0.4, 0.5) is 0 Å². The van der Waals surface area contributed by atoms with Crippen molar-refractivity contribution in [1.29, 1.82) is 0 Å². The summed E-state index contributed by atoms with van der Waals surface area (Å²) in [4.78, 5) is 14.0. The second kappa shape index (κ2) is 5.53. The van der Waals surface area contributed by atoms with Gasteiger partial charge in [-0.15, -0.1) is 0 Å². The number of amides is 1. The van der Waals surface area contributed by atoms with Crippen LogP contribution in [-0.2, 0) is 9.53 Å². The molecule has 1 aromatic rings. The van der Waals surface area contributed by atoms with Crippen LogP contribution < -0.4 is 0 Å². The molecule has 1 fully saturated rings. The van der Waals surface area contributed by atoms with Crippen LogP contribution in [0.1, 0.15) is 32.4 Å². The van der Waals surface area contributed by atoms with E-state index in [1.807, 2.05) is 43.9 Å². The summed E-state index contributed by atoms with van der Waals surface area (Å²) < 4.78 is 5.94. The molecule has 1 aliphatic rings. The smallest absolute Gasteiger partial charge is 0.225 e. The van der Waals surface area contributed by atoms with Gasteiger partial charge in [-0.1, -0.05) is 44.2 Å². The van der Waals surface area contributed by atoms with Crippen LogP contribution in [0.25, 0.3) is 0 Å². The van der Waals surface area contributed by atoms with Crippen molar-refractivity contribution in [2.75, 3.05) is 13.1 Å². The van der Waals surface area contributed by atoms with E-state index in [0.29, 0.717) is 13.1 Å². The van der Waals surface area contributed by atoms with Crippen molar-refractivity contribution in [3.05, 3.63) is 35.9 Å². The normalized spacial score (nSPS) is 24.3. The predicted octanol–water partition coefficient (Wildman–Crippen LogP) is 2.63. The van der Waals surface area contributed by atoms with Crippen LogP contribution in [0.2, 0.25) is 0 Å². The van der Waals surface area contributed by atoms with E-state index < -0.39 is 0 Å². The Bertz CT molecular complexity index is 402. The van der Waals surface area contributed by atoms with E-state index in [9.17, 15) is 4.79 Å². The number of hydrogen-bond donors (Lipinski definition) is 0. The summed E-state index contributed by atoms with van der Waals surface area (Å²) in [5, 5.41) is 0. The highest BCUT2D eigenvalue weighted by atomic mass is 16.5. The van der Waals surface area contributed by atoms with Gasteiger partial charge in [0, 0.05) is 12.5 Å². The van der Waals surface area contributed by atoms with Crippen molar-refractivity contribution in [2.45, 2.75) is 33.0 Å². The minimum atomic E-state index is -0.00218. The maximum Gasteiger partial charge on any atom is 0.225 e. The molecule has 3 heteroatoms. The maximum absolute atomic E-state index is 12.1. The molecule has 3 nitrogen and oxygen atoms in total. The lowest BCUT2D eigenvalue weighted by Gasteiger charge is -2.37. The molecule has 2 atom stereocenters. The first kappa shape index (κ1) is 13.1. The third kappa shape index (κ3) is 2.91. The lowest BCUT2D eigenvalue weighted by molar-refractivity contribution is -0.148. The van der Waals surface area contributed by atoms with E-state index in [4.69, 9.17) is 4.74 Å². The number of rotatable bonds is 2. The summed E-state index contributed by atoms with van der Waals surface area (Å²) in [5.41, 5.74) is 1.14. The van der Waals surface area contributed by atoms with Gasteiger partial charge >= 0.3 is 0 Å². The van der Waals surface area contributed by atoms with Crippen molar-refractivity contribution >= 4 is 5.91 Å². The highest BCUT2D eigenvalue weighted by molar-refractivity contribution is 5.78. The predicted molar refractivity (Wildman–Crippen MR) is 71.1 cm³/mol. The van der Waals surface area contributed by atoms with Gasteiger partial charge in [0.25, 0.3) is 0 Å². The highest BCUT2D eigenvalue weighted by Crippen LogP contribution is 2.25. The van der Waals surface area contributed by atoms with Crippen molar-refractivity contribution in [1.82, 2.24) is 4.90 Å². The molecule has 0 N–H and O–H groups in total. The Balaban J connectivity index is 2.12. The van der Waals surface area contributed by atoms with Crippen molar-refractivity contribution in [3.63, 3.8) is 0 Å². The van der Waals surface area contributed by atoms with Crippen LogP contribution >= 0.6 is 0 Å². The molecule has 98 valence electrons. The Morgan fingerprint density at radius 3 is 2.56 bits per heavy atom. The van der Waals surface area contributed by atoms with Crippen LogP contribution in [0.15, 0.2) is 30.3 Å². The molecule has 0 aliphatic carbocycles. The molecule has 0 saturated carbocycles. The first-order valence-electron chi connectivity index (χ1n) is 6.57. The Morgan fingerprint density at radius 2 is 1.94 bits per heavy atom. The zero-order valence-corrected chi connectivity index (χ0v) is 11.3. The monoisotopic (exact) mass is 247 g/mol. The summed E-state index contributed by atoms with van der Waals surface area (Å²) in [5.74, 6) is 0.262. The Labute approximate surface area is 109 Å². The Kier molecular flexibility index (Phi) is 4.02.